The maximum Gasteiger partial charge on any atom is 0.192 e. The number of thioether (sulfide) groups is 3. The van der Waals surface area contributed by atoms with Crippen molar-refractivity contribution in [2.45, 2.75) is 166 Å². The van der Waals surface area contributed by atoms with Gasteiger partial charge in [-0.15, -0.1) is 0 Å². The fourth-order valence-corrected chi connectivity index (χ4v) is 8.45. The van der Waals surface area contributed by atoms with Crippen LogP contribution in [0.3, 0.4) is 0 Å². The van der Waals surface area contributed by atoms with Crippen LogP contribution in [0.25, 0.3) is 0 Å². The van der Waals surface area contributed by atoms with Gasteiger partial charge in [-0.3, -0.25) is 0 Å². The van der Waals surface area contributed by atoms with Crippen molar-refractivity contribution >= 4 is 35.3 Å². The molecule has 394 valence electrons. The molecule has 6 fully saturated rings. The molecule has 3 saturated heterocycles. The predicted octanol–water partition coefficient (Wildman–Crippen LogP) is 15.3. The van der Waals surface area contributed by atoms with Crippen molar-refractivity contribution < 1.29 is 407 Å². The number of hydrogen-bond acceptors (Lipinski definition) is 9. The summed E-state index contributed by atoms with van der Waals surface area (Å²) in [5, 5.41) is 2.37. The van der Waals surface area contributed by atoms with E-state index < -0.39 is 0 Å². The van der Waals surface area contributed by atoms with Crippen molar-refractivity contribution in [3.63, 3.8) is 0 Å². The number of aromatic nitrogens is 3. The molecular formula is C55H85N3O3S3Y12-2. The molecule has 4 heterocycles. The van der Waals surface area contributed by atoms with Gasteiger partial charge >= 0.3 is 0 Å². The molecule has 3 aliphatic carbocycles. The SMILES string of the molecule is C1OC1CSc1nc(SCC2CO2)nc(SCC2CO2)n1.CC.CC.CC.CCCC1CC1.CCCC1CC1.[CH2-]C1CC1.[CH3-].[Y].[Y].[Y].[Y].[Y].[Y].[Y].[Y].[Y].[Y].[Y].[Y].c1ccc(Cc2ccccc2Cc2ccccc2)cc1. The minimum Gasteiger partial charge on any atom is -0.372 e. The first kappa shape index (κ1) is 111. The summed E-state index contributed by atoms with van der Waals surface area (Å²) in [6, 6.07) is 30.1. The second-order valence-corrected chi connectivity index (χ2v) is 18.9. The van der Waals surface area contributed by atoms with E-state index in [0.717, 1.165) is 83.1 Å². The Kier molecular flexibility index (Phi) is 110. The smallest absolute Gasteiger partial charge is 0.192 e. The largest absolute Gasteiger partial charge is 0.372 e. The second kappa shape index (κ2) is 74.9. The fraction of sp³-hybridized carbons (Fsp3) is 0.582. The number of hydrogen-bond donors (Lipinski definition) is 0. The Bertz CT molecular complexity index is 1580. The zero-order valence-corrected chi connectivity index (χ0v) is 84.7. The van der Waals surface area contributed by atoms with E-state index in [4.69, 9.17) is 14.2 Å². The molecule has 3 aliphatic heterocycles. The fourth-order valence-electron chi connectivity index (χ4n) is 5.79. The van der Waals surface area contributed by atoms with E-state index in [1.165, 1.54) is 86.5 Å². The van der Waals surface area contributed by atoms with Crippen molar-refractivity contribution in [3.05, 3.63) is 122 Å². The Morgan fingerprint density at radius 2 is 0.658 bits per heavy atom. The average molecular weight is 2000 g/mol. The Balaban J connectivity index is -0.0000000792. The van der Waals surface area contributed by atoms with Crippen LogP contribution in [0, 0.1) is 32.1 Å². The van der Waals surface area contributed by atoms with E-state index in [1.54, 1.807) is 35.3 Å². The third kappa shape index (κ3) is 63.6. The Hall–Kier alpha value is 10.8. The summed E-state index contributed by atoms with van der Waals surface area (Å²) in [5.41, 5.74) is 5.58. The van der Waals surface area contributed by atoms with Gasteiger partial charge in [0.15, 0.2) is 15.5 Å². The van der Waals surface area contributed by atoms with Gasteiger partial charge in [-0.2, -0.15) is 20.9 Å². The van der Waals surface area contributed by atoms with E-state index in [1.807, 2.05) is 41.5 Å². The summed E-state index contributed by atoms with van der Waals surface area (Å²) in [7, 11) is 0. The molecule has 6 aliphatic rings. The van der Waals surface area contributed by atoms with Gasteiger partial charge in [-0.05, 0) is 46.9 Å². The monoisotopic (exact) mass is 2000 g/mol. The van der Waals surface area contributed by atoms with E-state index in [2.05, 4.69) is 121 Å². The normalized spacial score (nSPS) is 15.9. The first-order valence-corrected chi connectivity index (χ1v) is 27.5. The second-order valence-electron chi connectivity index (χ2n) is 16.0. The molecule has 0 amide bonds. The van der Waals surface area contributed by atoms with Gasteiger partial charge in [0.25, 0.3) is 0 Å². The third-order valence-electron chi connectivity index (χ3n) is 10.1. The molecule has 3 unspecified atom stereocenters. The number of ether oxygens (including phenoxy) is 3. The molecule has 0 N–H and O–H groups in total. The quantitative estimate of drug-likeness (QED) is 0.0584. The van der Waals surface area contributed by atoms with Gasteiger partial charge in [0, 0.05) is 410 Å². The number of benzene rings is 3. The Morgan fingerprint density at radius 3 is 0.842 bits per heavy atom. The predicted molar refractivity (Wildman–Crippen MR) is 280 cm³/mol. The molecule has 3 aromatic carbocycles. The molecule has 76 heavy (non-hydrogen) atoms. The van der Waals surface area contributed by atoms with Crippen molar-refractivity contribution in [1.29, 1.82) is 0 Å². The van der Waals surface area contributed by atoms with Crippen LogP contribution < -0.4 is 0 Å². The minimum absolute atomic E-state index is 0. The van der Waals surface area contributed by atoms with Gasteiger partial charge < -0.3 is 28.6 Å². The van der Waals surface area contributed by atoms with Crippen molar-refractivity contribution in [2.24, 2.45) is 17.8 Å². The number of rotatable bonds is 17. The minimum atomic E-state index is 0. The average Bonchev–Trinajstić information content (AvgIpc) is 4.11. The maximum atomic E-state index is 5.23. The summed E-state index contributed by atoms with van der Waals surface area (Å²) in [6.07, 6.45) is 17.7. The van der Waals surface area contributed by atoms with Crippen LogP contribution in [0.5, 0.6) is 0 Å². The van der Waals surface area contributed by atoms with Crippen molar-refractivity contribution in [3.8, 4) is 0 Å². The summed E-state index contributed by atoms with van der Waals surface area (Å²) in [5.74, 6) is 5.87. The van der Waals surface area contributed by atoms with Crippen LogP contribution >= 0.6 is 35.3 Å². The summed E-state index contributed by atoms with van der Waals surface area (Å²) >= 11 is 4.93. The van der Waals surface area contributed by atoms with Crippen molar-refractivity contribution in [1.82, 2.24) is 15.0 Å². The summed E-state index contributed by atoms with van der Waals surface area (Å²) in [4.78, 5) is 13.6. The molecule has 10 rings (SSSR count). The molecule has 3 atom stereocenters. The molecule has 21 heteroatoms. The van der Waals surface area contributed by atoms with Crippen molar-refractivity contribution in [2.75, 3.05) is 37.1 Å². The molecule has 0 spiro atoms. The molecule has 4 aromatic rings. The first-order chi connectivity index (χ1) is 31.0. The molecule has 1 aromatic heterocycles. The van der Waals surface area contributed by atoms with Crippen LogP contribution in [0.2, 0.25) is 0 Å². The van der Waals surface area contributed by atoms with Crippen LogP contribution in [0.4, 0.5) is 0 Å². The zero-order chi connectivity index (χ0) is 45.5. The Labute approximate surface area is 781 Å². The van der Waals surface area contributed by atoms with Gasteiger partial charge in [-0.25, -0.2) is 0 Å². The topological polar surface area (TPSA) is 76.3 Å². The van der Waals surface area contributed by atoms with Crippen LogP contribution in [0.15, 0.2) is 100 Å². The third-order valence-corrected chi connectivity index (χ3v) is 13.0. The molecule has 12 radical (unpaired) electrons. The van der Waals surface area contributed by atoms with E-state index in [0.29, 0.717) is 18.3 Å². The number of nitrogens with zero attached hydrogens (tertiary/aromatic N) is 3. The molecule has 0 bridgehead atoms. The van der Waals surface area contributed by atoms with Crippen LogP contribution in [-0.4, -0.2) is 70.3 Å². The molecule has 3 saturated carbocycles. The Morgan fingerprint density at radius 1 is 0.421 bits per heavy atom. The standard InChI is InChI=1S/C20H18.C12H15N3O3S3.2C6H12.C4H7.3C2H6.CH3.12Y/c1-3-9-17(10-4-1)15-19-13-7-8-14-20(19)16-18-11-5-2-6-12-18;1-7(16-1)4-19-10-13-11(20-5-8-2-17-8)15-12(14-10)21-6-9-3-18-9;2*1-2-3-6-4-5-6;1-4-2-3-4;3*1-2;;;;;;;;;;;;;/h1-14H,15-16H2;7-9H,1-6H2;2*6H,2-5H2,1H3;4H,1-3H2;3*1-2H3;1H3;;;;;;;;;;;;/q;;;;-1;;;;-1;;;;;;;;;;;;. The zero-order valence-electron chi connectivity index (χ0n) is 48.2. The number of epoxide rings is 3. The van der Waals surface area contributed by atoms with Crippen LogP contribution in [-0.2, 0) is 420 Å². The van der Waals surface area contributed by atoms with Gasteiger partial charge in [0.05, 0.1) is 38.1 Å². The van der Waals surface area contributed by atoms with Gasteiger partial charge in [0.2, 0.25) is 0 Å². The van der Waals surface area contributed by atoms with E-state index >= 15 is 0 Å². The molecule has 6 nitrogen and oxygen atoms in total. The van der Waals surface area contributed by atoms with Gasteiger partial charge in [0.1, 0.15) is 0 Å². The first-order valence-electron chi connectivity index (χ1n) is 24.5. The van der Waals surface area contributed by atoms with E-state index in [-0.39, 0.29) is 400 Å². The maximum absolute atomic E-state index is 5.23. The summed E-state index contributed by atoms with van der Waals surface area (Å²) in [6.45, 7) is 22.9. The van der Waals surface area contributed by atoms with Gasteiger partial charge in [-0.1, -0.05) is 240 Å². The van der Waals surface area contributed by atoms with Crippen LogP contribution in [0.1, 0.15) is 142 Å². The summed E-state index contributed by atoms with van der Waals surface area (Å²) < 4.78 is 15.7. The van der Waals surface area contributed by atoms with E-state index in [9.17, 15) is 0 Å². The molecular weight excluding hydrogens is 1910 g/mol.